The first kappa shape index (κ1) is 16.1. The number of amides is 2. The van der Waals surface area contributed by atoms with Crippen LogP contribution in [-0.2, 0) is 4.79 Å². The minimum atomic E-state index is -0.424. The number of hydrogen-bond donors (Lipinski definition) is 1. The Labute approximate surface area is 143 Å². The Bertz CT molecular complexity index is 728. The van der Waals surface area contributed by atoms with E-state index in [2.05, 4.69) is 5.32 Å². The molecular formula is C17H18N2O2S2. The lowest BCUT2D eigenvalue weighted by Gasteiger charge is -2.23. The normalized spacial score (nSPS) is 17.3. The van der Waals surface area contributed by atoms with Crippen molar-refractivity contribution in [3.05, 3.63) is 51.7 Å². The zero-order valence-electron chi connectivity index (χ0n) is 13.0. The van der Waals surface area contributed by atoms with Crippen LogP contribution in [0.2, 0.25) is 0 Å². The number of nitrogens with one attached hydrogen (secondary N) is 1. The van der Waals surface area contributed by atoms with E-state index in [0.29, 0.717) is 17.2 Å². The summed E-state index contributed by atoms with van der Waals surface area (Å²) < 4.78 is 0. The second kappa shape index (κ2) is 6.76. The molecule has 1 saturated heterocycles. The highest BCUT2D eigenvalue weighted by Crippen LogP contribution is 2.26. The van der Waals surface area contributed by atoms with Gasteiger partial charge in [-0.05, 0) is 42.5 Å². The van der Waals surface area contributed by atoms with Crippen LogP contribution in [0, 0.1) is 13.8 Å². The van der Waals surface area contributed by atoms with Gasteiger partial charge in [0.25, 0.3) is 5.91 Å². The first-order chi connectivity index (χ1) is 11.1. The van der Waals surface area contributed by atoms with Crippen LogP contribution in [0.1, 0.15) is 21.5 Å². The van der Waals surface area contributed by atoms with E-state index >= 15 is 0 Å². The summed E-state index contributed by atoms with van der Waals surface area (Å²) in [4.78, 5) is 26.8. The number of rotatable bonds is 3. The molecule has 120 valence electrons. The molecule has 0 radical (unpaired) electrons. The molecule has 1 aromatic heterocycles. The van der Waals surface area contributed by atoms with Crippen LogP contribution in [0.15, 0.2) is 35.0 Å². The molecule has 1 aliphatic heterocycles. The number of thiophene rings is 1. The van der Waals surface area contributed by atoms with Crippen LogP contribution in [0.5, 0.6) is 0 Å². The molecule has 2 amide bonds. The number of aryl methyl sites for hydroxylation is 1. The summed E-state index contributed by atoms with van der Waals surface area (Å²) in [6.45, 7) is 4.01. The fourth-order valence-electron chi connectivity index (χ4n) is 2.51. The highest BCUT2D eigenvalue weighted by molar-refractivity contribution is 7.99. The molecule has 1 aliphatic rings. The molecule has 0 spiro atoms. The third-order valence-electron chi connectivity index (χ3n) is 4.08. The summed E-state index contributed by atoms with van der Waals surface area (Å²) >= 11 is 3.10. The molecule has 6 heteroatoms. The summed E-state index contributed by atoms with van der Waals surface area (Å²) in [6, 6.07) is 7.22. The largest absolute Gasteiger partial charge is 0.324 e. The molecule has 3 rings (SSSR count). The van der Waals surface area contributed by atoms with Gasteiger partial charge in [0.05, 0.1) is 11.4 Å². The summed E-state index contributed by atoms with van der Waals surface area (Å²) in [7, 11) is 0. The molecule has 4 nitrogen and oxygen atoms in total. The Kier molecular flexibility index (Phi) is 4.73. The quantitative estimate of drug-likeness (QED) is 0.925. The lowest BCUT2D eigenvalue weighted by atomic mass is 10.1. The second-order valence-corrected chi connectivity index (χ2v) is 7.32. The fourth-order valence-corrected chi connectivity index (χ4v) is 4.30. The number of anilines is 1. The van der Waals surface area contributed by atoms with E-state index in [4.69, 9.17) is 0 Å². The first-order valence-electron chi connectivity index (χ1n) is 7.36. The zero-order valence-corrected chi connectivity index (χ0v) is 14.7. The third kappa shape index (κ3) is 3.28. The number of hydrogen-bond acceptors (Lipinski definition) is 4. The Balaban J connectivity index is 1.76. The maximum absolute atomic E-state index is 12.6. The van der Waals surface area contributed by atoms with E-state index in [1.807, 2.05) is 42.8 Å². The van der Waals surface area contributed by atoms with Crippen LogP contribution in [-0.4, -0.2) is 34.4 Å². The van der Waals surface area contributed by atoms with Gasteiger partial charge in [-0.2, -0.15) is 11.3 Å². The monoisotopic (exact) mass is 346 g/mol. The lowest BCUT2D eigenvalue weighted by Crippen LogP contribution is -2.44. The molecule has 0 saturated carbocycles. The fraction of sp³-hybridized carbons (Fsp3) is 0.294. The van der Waals surface area contributed by atoms with E-state index in [1.165, 1.54) is 11.3 Å². The van der Waals surface area contributed by atoms with Gasteiger partial charge in [0.1, 0.15) is 6.04 Å². The number of carbonyl (C=O) groups is 2. The molecule has 23 heavy (non-hydrogen) atoms. The molecule has 1 fully saturated rings. The predicted molar refractivity (Wildman–Crippen MR) is 96.1 cm³/mol. The topological polar surface area (TPSA) is 49.4 Å². The van der Waals surface area contributed by atoms with Crippen molar-refractivity contribution in [1.29, 1.82) is 0 Å². The highest BCUT2D eigenvalue weighted by atomic mass is 32.2. The molecule has 2 aromatic rings. The van der Waals surface area contributed by atoms with Gasteiger partial charge in [0.15, 0.2) is 0 Å². The average molecular weight is 346 g/mol. The summed E-state index contributed by atoms with van der Waals surface area (Å²) in [5, 5.41) is 6.68. The molecule has 0 aliphatic carbocycles. The SMILES string of the molecule is Cc1cccc(NC(=O)C2CSCN2C(=O)c2ccsc2)c1C. The van der Waals surface area contributed by atoms with Crippen LogP contribution in [0.25, 0.3) is 0 Å². The zero-order chi connectivity index (χ0) is 16.4. The van der Waals surface area contributed by atoms with Gasteiger partial charge in [-0.3, -0.25) is 9.59 Å². The predicted octanol–water partition coefficient (Wildman–Crippen LogP) is 3.52. The first-order valence-corrected chi connectivity index (χ1v) is 9.45. The van der Waals surface area contributed by atoms with Crippen molar-refractivity contribution in [2.24, 2.45) is 0 Å². The maximum atomic E-state index is 12.6. The van der Waals surface area contributed by atoms with E-state index < -0.39 is 6.04 Å². The second-order valence-electron chi connectivity index (χ2n) is 5.54. The molecule has 0 bridgehead atoms. The van der Waals surface area contributed by atoms with Gasteiger partial charge < -0.3 is 10.2 Å². The van der Waals surface area contributed by atoms with Crippen molar-refractivity contribution >= 4 is 40.6 Å². The number of carbonyl (C=O) groups excluding carboxylic acids is 2. The van der Waals surface area contributed by atoms with Gasteiger partial charge in [-0.25, -0.2) is 0 Å². The molecule has 1 unspecified atom stereocenters. The van der Waals surface area contributed by atoms with Crippen LogP contribution in [0.3, 0.4) is 0 Å². The number of thioether (sulfide) groups is 1. The van der Waals surface area contributed by atoms with Gasteiger partial charge in [-0.1, -0.05) is 12.1 Å². The Hall–Kier alpha value is -1.79. The summed E-state index contributed by atoms with van der Waals surface area (Å²) in [5.74, 6) is 0.997. The van der Waals surface area contributed by atoms with Gasteiger partial charge in [-0.15, -0.1) is 11.8 Å². The number of benzene rings is 1. The third-order valence-corrected chi connectivity index (χ3v) is 5.77. The smallest absolute Gasteiger partial charge is 0.256 e. The maximum Gasteiger partial charge on any atom is 0.256 e. The van der Waals surface area contributed by atoms with Gasteiger partial charge in [0.2, 0.25) is 5.91 Å². The van der Waals surface area contributed by atoms with Crippen molar-refractivity contribution in [3.8, 4) is 0 Å². The average Bonchev–Trinajstić information content (AvgIpc) is 3.21. The minimum Gasteiger partial charge on any atom is -0.324 e. The Morgan fingerprint density at radius 1 is 1.26 bits per heavy atom. The summed E-state index contributed by atoms with van der Waals surface area (Å²) in [6.07, 6.45) is 0. The standard InChI is InChI=1S/C17H18N2O2S2/c1-11-4-3-5-14(12(11)2)18-16(20)15-9-23-10-19(15)17(21)13-6-7-22-8-13/h3-8,15H,9-10H2,1-2H3,(H,18,20). The van der Waals surface area contributed by atoms with Crippen LogP contribution < -0.4 is 5.32 Å². The molecular weight excluding hydrogens is 328 g/mol. The van der Waals surface area contributed by atoms with E-state index in [1.54, 1.807) is 22.7 Å². The van der Waals surface area contributed by atoms with E-state index in [0.717, 1.165) is 16.8 Å². The molecule has 1 atom stereocenters. The summed E-state index contributed by atoms with van der Waals surface area (Å²) in [5.41, 5.74) is 3.66. The molecule has 2 heterocycles. The van der Waals surface area contributed by atoms with Crippen molar-refractivity contribution < 1.29 is 9.59 Å². The minimum absolute atomic E-state index is 0.0719. The van der Waals surface area contributed by atoms with Gasteiger partial charge >= 0.3 is 0 Å². The van der Waals surface area contributed by atoms with Crippen molar-refractivity contribution in [2.75, 3.05) is 16.9 Å². The van der Waals surface area contributed by atoms with E-state index in [-0.39, 0.29) is 11.8 Å². The van der Waals surface area contributed by atoms with Crippen molar-refractivity contribution in [1.82, 2.24) is 4.90 Å². The Morgan fingerprint density at radius 2 is 2.09 bits per heavy atom. The van der Waals surface area contributed by atoms with E-state index in [9.17, 15) is 9.59 Å². The molecule has 1 N–H and O–H groups in total. The molecule has 1 aromatic carbocycles. The van der Waals surface area contributed by atoms with Gasteiger partial charge in [0, 0.05) is 16.8 Å². The number of nitrogens with zero attached hydrogens (tertiary/aromatic N) is 1. The Morgan fingerprint density at radius 3 is 2.83 bits per heavy atom. The van der Waals surface area contributed by atoms with Crippen molar-refractivity contribution in [3.63, 3.8) is 0 Å². The van der Waals surface area contributed by atoms with Crippen LogP contribution in [0.4, 0.5) is 5.69 Å². The van der Waals surface area contributed by atoms with Crippen LogP contribution >= 0.6 is 23.1 Å². The van der Waals surface area contributed by atoms with Crippen molar-refractivity contribution in [2.45, 2.75) is 19.9 Å². The highest BCUT2D eigenvalue weighted by Gasteiger charge is 2.35. The lowest BCUT2D eigenvalue weighted by molar-refractivity contribution is -0.119.